The summed E-state index contributed by atoms with van der Waals surface area (Å²) in [5, 5.41) is 4.46. The lowest BCUT2D eigenvalue weighted by Crippen LogP contribution is -2.35. The summed E-state index contributed by atoms with van der Waals surface area (Å²) in [7, 11) is 0. The summed E-state index contributed by atoms with van der Waals surface area (Å²) in [4.78, 5) is 29.1. The number of benzene rings is 1. The van der Waals surface area contributed by atoms with Gasteiger partial charge < -0.3 is 10.7 Å². The van der Waals surface area contributed by atoms with Gasteiger partial charge in [0, 0.05) is 23.3 Å². The number of fused-ring (bicyclic) bond motifs is 2. The maximum atomic E-state index is 12.9. The average molecular weight is 359 g/mol. The maximum absolute atomic E-state index is 12.9. The first-order chi connectivity index (χ1) is 13.1. The smallest absolute Gasteiger partial charge is 0.210 e. The minimum atomic E-state index is -0.131. The molecule has 1 aromatic carbocycles. The molecule has 0 saturated carbocycles. The van der Waals surface area contributed by atoms with Crippen LogP contribution in [0.25, 0.3) is 10.9 Å². The zero-order valence-corrected chi connectivity index (χ0v) is 14.6. The van der Waals surface area contributed by atoms with Gasteiger partial charge in [0.15, 0.2) is 0 Å². The summed E-state index contributed by atoms with van der Waals surface area (Å²) in [6.45, 7) is 2.31. The molecule has 0 amide bonds. The molecule has 3 aromatic rings. The lowest BCUT2D eigenvalue weighted by Gasteiger charge is -2.19. The fourth-order valence-electron chi connectivity index (χ4n) is 3.43. The van der Waals surface area contributed by atoms with Gasteiger partial charge in [-0.3, -0.25) is 30.2 Å². The molecule has 0 radical (unpaired) electrons. The van der Waals surface area contributed by atoms with E-state index in [4.69, 9.17) is 5.73 Å². The van der Waals surface area contributed by atoms with E-state index in [2.05, 4.69) is 25.4 Å². The molecule has 1 atom stereocenters. The largest absolute Gasteiger partial charge is 0.384 e. The second kappa shape index (κ2) is 5.66. The zero-order valence-electron chi connectivity index (χ0n) is 14.6. The van der Waals surface area contributed by atoms with Crippen molar-refractivity contribution in [1.82, 2.24) is 15.4 Å². The van der Waals surface area contributed by atoms with Crippen molar-refractivity contribution < 1.29 is 4.79 Å². The number of aromatic nitrogens is 2. The molecular formula is C19H17N7O. The van der Waals surface area contributed by atoms with Gasteiger partial charge in [0.05, 0.1) is 34.2 Å². The first kappa shape index (κ1) is 15.6. The molecule has 0 aliphatic carbocycles. The van der Waals surface area contributed by atoms with E-state index in [1.807, 2.05) is 36.2 Å². The van der Waals surface area contributed by atoms with Gasteiger partial charge in [-0.05, 0) is 37.3 Å². The topological polar surface area (TPSA) is 112 Å². The van der Waals surface area contributed by atoms with Crippen LogP contribution in [0.1, 0.15) is 17.4 Å². The highest BCUT2D eigenvalue weighted by Gasteiger charge is 2.27. The van der Waals surface area contributed by atoms with Gasteiger partial charge in [-0.15, -0.1) is 0 Å². The highest BCUT2D eigenvalue weighted by Crippen LogP contribution is 2.22. The van der Waals surface area contributed by atoms with E-state index in [1.54, 1.807) is 18.5 Å². The van der Waals surface area contributed by atoms with E-state index in [9.17, 15) is 4.79 Å². The second-order valence-corrected chi connectivity index (χ2v) is 6.63. The third kappa shape index (κ3) is 2.53. The van der Waals surface area contributed by atoms with Crippen LogP contribution in [0.4, 0.5) is 5.69 Å². The van der Waals surface area contributed by atoms with Crippen LogP contribution in [-0.4, -0.2) is 28.5 Å². The Morgan fingerprint density at radius 3 is 2.93 bits per heavy atom. The van der Waals surface area contributed by atoms with Gasteiger partial charge in [-0.2, -0.15) is 0 Å². The van der Waals surface area contributed by atoms with Crippen molar-refractivity contribution in [1.29, 1.82) is 0 Å². The molecule has 134 valence electrons. The number of nitrogens with zero attached hydrogens (tertiary/aromatic N) is 4. The first-order valence-electron chi connectivity index (χ1n) is 8.64. The Bertz CT molecular complexity index is 1210. The molecule has 8 heteroatoms. The van der Waals surface area contributed by atoms with Gasteiger partial charge in [0.1, 0.15) is 12.0 Å². The predicted molar refractivity (Wildman–Crippen MR) is 100 cm³/mol. The molecule has 4 heterocycles. The summed E-state index contributed by atoms with van der Waals surface area (Å²) in [5.74, 6) is 0.223. The fraction of sp³-hybridized carbons (Fsp3) is 0.158. The van der Waals surface area contributed by atoms with E-state index in [0.29, 0.717) is 23.6 Å². The molecule has 4 N–H and O–H groups in total. The lowest BCUT2D eigenvalue weighted by atomic mass is 10.1. The van der Waals surface area contributed by atoms with E-state index >= 15 is 0 Å². The highest BCUT2D eigenvalue weighted by atomic mass is 16.1. The predicted octanol–water partition coefficient (Wildman–Crippen LogP) is 0.540. The SMILES string of the molecule is CC1N=c2ccc(N3CC(C(=O)c4cc5cnccc5[nH]4)=C(N)N3)cc2=N1. The van der Waals surface area contributed by atoms with Crippen molar-refractivity contribution in [2.75, 3.05) is 11.6 Å². The standard InChI is InChI=1S/C19H17N7O/c1-10-22-15-3-2-12(7-16(15)23-10)26-9-13(19(20)25-26)18(27)17-6-11-8-21-5-4-14(11)24-17/h2-8,10,24-25H,9,20H2,1H3. The van der Waals surface area contributed by atoms with Crippen LogP contribution in [0.3, 0.4) is 0 Å². The van der Waals surface area contributed by atoms with Crippen molar-refractivity contribution in [3.05, 3.63) is 70.5 Å². The van der Waals surface area contributed by atoms with E-state index in [1.165, 1.54) is 0 Å². The number of anilines is 1. The zero-order chi connectivity index (χ0) is 18.5. The molecule has 0 saturated heterocycles. The van der Waals surface area contributed by atoms with Crippen molar-refractivity contribution in [2.24, 2.45) is 15.7 Å². The van der Waals surface area contributed by atoms with Crippen molar-refractivity contribution in [2.45, 2.75) is 13.1 Å². The van der Waals surface area contributed by atoms with Crippen molar-refractivity contribution in [3.8, 4) is 0 Å². The van der Waals surface area contributed by atoms with Crippen LogP contribution in [-0.2, 0) is 0 Å². The fourth-order valence-corrected chi connectivity index (χ4v) is 3.43. The number of hydrazine groups is 1. The van der Waals surface area contributed by atoms with Gasteiger partial charge in [-0.1, -0.05) is 0 Å². The van der Waals surface area contributed by atoms with Crippen LogP contribution >= 0.6 is 0 Å². The Hall–Kier alpha value is -3.68. The maximum Gasteiger partial charge on any atom is 0.210 e. The molecule has 2 aliphatic heterocycles. The number of aromatic amines is 1. The van der Waals surface area contributed by atoms with E-state index in [0.717, 1.165) is 27.3 Å². The van der Waals surface area contributed by atoms with Gasteiger partial charge >= 0.3 is 0 Å². The number of H-pyrrole nitrogens is 1. The van der Waals surface area contributed by atoms with Gasteiger partial charge in [0.25, 0.3) is 0 Å². The monoisotopic (exact) mass is 359 g/mol. The molecule has 0 spiro atoms. The summed E-state index contributed by atoms with van der Waals surface area (Å²) < 4.78 is 0. The highest BCUT2D eigenvalue weighted by molar-refractivity contribution is 6.11. The lowest BCUT2D eigenvalue weighted by molar-refractivity contribution is 0.102. The first-order valence-corrected chi connectivity index (χ1v) is 8.64. The number of pyridine rings is 1. The minimum absolute atomic E-state index is 0.0568. The minimum Gasteiger partial charge on any atom is -0.384 e. The molecule has 2 aliphatic rings. The average Bonchev–Trinajstić information content (AvgIpc) is 3.35. The third-order valence-corrected chi connectivity index (χ3v) is 4.76. The number of hydrogen-bond donors (Lipinski definition) is 3. The Morgan fingerprint density at radius 2 is 2.07 bits per heavy atom. The number of nitrogens with one attached hydrogen (secondary N) is 2. The van der Waals surface area contributed by atoms with Crippen LogP contribution in [0, 0.1) is 0 Å². The number of rotatable bonds is 3. The quantitative estimate of drug-likeness (QED) is 0.591. The normalized spacial score (nSPS) is 18.3. The molecule has 2 aromatic heterocycles. The van der Waals surface area contributed by atoms with Gasteiger partial charge in [-0.25, -0.2) is 0 Å². The molecule has 5 rings (SSSR count). The van der Waals surface area contributed by atoms with Crippen LogP contribution in [0.2, 0.25) is 0 Å². The summed E-state index contributed by atoms with van der Waals surface area (Å²) >= 11 is 0. The van der Waals surface area contributed by atoms with E-state index in [-0.39, 0.29) is 11.9 Å². The van der Waals surface area contributed by atoms with Gasteiger partial charge in [0.2, 0.25) is 5.78 Å². The Morgan fingerprint density at radius 1 is 1.22 bits per heavy atom. The number of hydrogen-bond acceptors (Lipinski definition) is 7. The van der Waals surface area contributed by atoms with Crippen molar-refractivity contribution >= 4 is 22.4 Å². The molecule has 1 unspecified atom stereocenters. The Labute approximate surface area is 154 Å². The number of Topliss-reactive ketones (excluding diaryl/α,β-unsaturated/α-hetero) is 1. The summed E-state index contributed by atoms with van der Waals surface area (Å²) in [6, 6.07) is 9.46. The Balaban J connectivity index is 1.43. The van der Waals surface area contributed by atoms with Crippen LogP contribution in [0.15, 0.2) is 64.1 Å². The van der Waals surface area contributed by atoms with Crippen molar-refractivity contribution in [3.63, 3.8) is 0 Å². The number of carbonyl (C=O) groups excluding carboxylic acids is 1. The molecule has 0 bridgehead atoms. The Kier molecular flexibility index (Phi) is 3.27. The summed E-state index contributed by atoms with van der Waals surface area (Å²) in [5.41, 5.74) is 12.0. The number of ketones is 1. The molecular weight excluding hydrogens is 342 g/mol. The molecule has 0 fully saturated rings. The molecule has 27 heavy (non-hydrogen) atoms. The third-order valence-electron chi connectivity index (χ3n) is 4.76. The van der Waals surface area contributed by atoms with E-state index < -0.39 is 0 Å². The number of nitrogens with two attached hydrogens (primary N) is 1. The molecule has 8 nitrogen and oxygen atoms in total. The summed E-state index contributed by atoms with van der Waals surface area (Å²) in [6.07, 6.45) is 3.35. The van der Waals surface area contributed by atoms with Crippen LogP contribution < -0.4 is 26.9 Å². The number of carbonyl (C=O) groups is 1. The van der Waals surface area contributed by atoms with Crippen LogP contribution in [0.5, 0.6) is 0 Å². The second-order valence-electron chi connectivity index (χ2n) is 6.63.